The molecule has 0 fully saturated rings. The van der Waals surface area contributed by atoms with Crippen LogP contribution in [0.5, 0.6) is 0 Å². The molecule has 8 heteroatoms. The maximum Gasteiger partial charge on any atom is 0.336 e. The average Bonchev–Trinajstić information content (AvgIpc) is 2.80. The number of ether oxygens (including phenoxy) is 3. The Morgan fingerprint density at radius 3 is 2.41 bits per heavy atom. The highest BCUT2D eigenvalue weighted by molar-refractivity contribution is 6.12. The molecule has 0 aromatic heterocycles. The Hall–Kier alpha value is -3.13. The smallest absolute Gasteiger partial charge is 0.336 e. The summed E-state index contributed by atoms with van der Waals surface area (Å²) in [5.41, 5.74) is 3.93. The predicted molar refractivity (Wildman–Crippen MR) is 128 cm³/mol. The summed E-state index contributed by atoms with van der Waals surface area (Å²) in [4.78, 5) is 41.4. The SMILES string of the molecule is CCOCCOC(=O)C1=C(C)NC2=C(C(=O)[C@@H](C(=O)OC)[C@H](C)C2)[C@@H]1c1ccc(N(C)C)cc1. The lowest BCUT2D eigenvalue weighted by Gasteiger charge is -2.38. The van der Waals surface area contributed by atoms with Crippen molar-refractivity contribution in [2.75, 3.05) is 45.9 Å². The fraction of sp³-hybridized carbons (Fsp3) is 0.500. The predicted octanol–water partition coefficient (Wildman–Crippen LogP) is 2.95. The molecular formula is C26H34N2O6. The van der Waals surface area contributed by atoms with Crippen LogP contribution >= 0.6 is 0 Å². The van der Waals surface area contributed by atoms with Crippen molar-refractivity contribution in [2.24, 2.45) is 11.8 Å². The number of nitrogens with one attached hydrogen (secondary N) is 1. The van der Waals surface area contributed by atoms with Gasteiger partial charge in [0.15, 0.2) is 5.78 Å². The molecule has 8 nitrogen and oxygen atoms in total. The quantitative estimate of drug-likeness (QED) is 0.352. The van der Waals surface area contributed by atoms with Gasteiger partial charge in [0.05, 0.1) is 19.3 Å². The molecule has 184 valence electrons. The lowest BCUT2D eigenvalue weighted by molar-refractivity contribution is -0.151. The lowest BCUT2D eigenvalue weighted by Crippen LogP contribution is -2.43. The van der Waals surface area contributed by atoms with E-state index in [4.69, 9.17) is 14.2 Å². The molecule has 2 aliphatic rings. The van der Waals surface area contributed by atoms with E-state index >= 15 is 0 Å². The lowest BCUT2D eigenvalue weighted by atomic mass is 9.69. The van der Waals surface area contributed by atoms with Gasteiger partial charge in [-0.05, 0) is 43.9 Å². The molecule has 0 amide bonds. The van der Waals surface area contributed by atoms with Gasteiger partial charge < -0.3 is 24.4 Å². The highest BCUT2D eigenvalue weighted by Gasteiger charge is 2.47. The van der Waals surface area contributed by atoms with Gasteiger partial charge in [0.25, 0.3) is 0 Å². The second-order valence-corrected chi connectivity index (χ2v) is 8.85. The van der Waals surface area contributed by atoms with Crippen molar-refractivity contribution < 1.29 is 28.6 Å². The van der Waals surface area contributed by atoms with Crippen LogP contribution in [0.15, 0.2) is 46.8 Å². The summed E-state index contributed by atoms with van der Waals surface area (Å²) in [5, 5.41) is 3.26. The van der Waals surface area contributed by atoms with Crippen molar-refractivity contribution >= 4 is 23.4 Å². The summed E-state index contributed by atoms with van der Waals surface area (Å²) < 4.78 is 15.7. The molecule has 0 unspecified atom stereocenters. The first-order valence-electron chi connectivity index (χ1n) is 11.6. The first-order valence-corrected chi connectivity index (χ1v) is 11.6. The molecule has 3 rings (SSSR count). The van der Waals surface area contributed by atoms with E-state index in [-0.39, 0.29) is 18.3 Å². The van der Waals surface area contributed by atoms with Gasteiger partial charge in [0.2, 0.25) is 0 Å². The van der Waals surface area contributed by atoms with E-state index in [1.807, 2.05) is 64.0 Å². The Morgan fingerprint density at radius 2 is 1.82 bits per heavy atom. The molecular weight excluding hydrogens is 436 g/mol. The normalized spacial score (nSPS) is 22.2. The van der Waals surface area contributed by atoms with Crippen molar-refractivity contribution in [2.45, 2.75) is 33.1 Å². The number of benzene rings is 1. The molecule has 1 aliphatic carbocycles. The van der Waals surface area contributed by atoms with Crippen LogP contribution in [0.3, 0.4) is 0 Å². The van der Waals surface area contributed by atoms with Crippen LogP contribution in [-0.4, -0.2) is 58.7 Å². The molecule has 3 atom stereocenters. The molecule has 1 heterocycles. The largest absolute Gasteiger partial charge is 0.468 e. The van der Waals surface area contributed by atoms with Crippen LogP contribution in [0.1, 0.15) is 38.7 Å². The Morgan fingerprint density at radius 1 is 1.15 bits per heavy atom. The summed E-state index contributed by atoms with van der Waals surface area (Å²) in [6, 6.07) is 7.71. The molecule has 0 saturated heterocycles. The van der Waals surface area contributed by atoms with Crippen molar-refractivity contribution in [1.82, 2.24) is 5.32 Å². The molecule has 34 heavy (non-hydrogen) atoms. The van der Waals surface area contributed by atoms with E-state index in [1.165, 1.54) is 7.11 Å². The maximum absolute atomic E-state index is 13.7. The zero-order valence-electron chi connectivity index (χ0n) is 20.8. The van der Waals surface area contributed by atoms with Crippen LogP contribution in [0.4, 0.5) is 5.69 Å². The number of rotatable bonds is 8. The van der Waals surface area contributed by atoms with Crippen molar-refractivity contribution in [3.8, 4) is 0 Å². The first kappa shape index (κ1) is 25.5. The molecule has 0 spiro atoms. The van der Waals surface area contributed by atoms with Gasteiger partial charge in [-0.3, -0.25) is 9.59 Å². The molecule has 1 aromatic carbocycles. The van der Waals surface area contributed by atoms with E-state index < -0.39 is 23.8 Å². The third-order valence-corrected chi connectivity index (χ3v) is 6.37. The Labute approximate surface area is 200 Å². The van der Waals surface area contributed by atoms with Gasteiger partial charge >= 0.3 is 11.9 Å². The number of dihydropyridines is 1. The number of anilines is 1. The summed E-state index contributed by atoms with van der Waals surface area (Å²) in [6.45, 7) is 6.47. The fourth-order valence-corrected chi connectivity index (χ4v) is 4.66. The third kappa shape index (κ3) is 5.01. The minimum atomic E-state index is -0.914. The van der Waals surface area contributed by atoms with E-state index in [1.54, 1.807) is 0 Å². The zero-order chi connectivity index (χ0) is 25.0. The first-order chi connectivity index (χ1) is 16.2. The molecule has 1 aromatic rings. The molecule has 0 saturated carbocycles. The number of allylic oxidation sites excluding steroid dienone is 3. The number of hydrogen-bond donors (Lipinski definition) is 1. The number of nitrogens with zero attached hydrogens (tertiary/aromatic N) is 1. The molecule has 1 aliphatic heterocycles. The van der Waals surface area contributed by atoms with Gasteiger partial charge in [-0.2, -0.15) is 0 Å². The highest BCUT2D eigenvalue weighted by Crippen LogP contribution is 2.45. The van der Waals surface area contributed by atoms with Crippen LogP contribution < -0.4 is 10.2 Å². The zero-order valence-corrected chi connectivity index (χ0v) is 20.8. The molecule has 0 bridgehead atoms. The third-order valence-electron chi connectivity index (χ3n) is 6.37. The summed E-state index contributed by atoms with van der Waals surface area (Å²) in [5.74, 6) is -3.18. The van der Waals surface area contributed by atoms with Crippen LogP contribution in [0.25, 0.3) is 0 Å². The second kappa shape index (κ2) is 10.9. The van der Waals surface area contributed by atoms with Gasteiger partial charge in [-0.25, -0.2) is 4.79 Å². The van der Waals surface area contributed by atoms with Gasteiger partial charge in [-0.15, -0.1) is 0 Å². The second-order valence-electron chi connectivity index (χ2n) is 8.85. The van der Waals surface area contributed by atoms with Gasteiger partial charge in [0, 0.05) is 49.3 Å². The summed E-state index contributed by atoms with van der Waals surface area (Å²) >= 11 is 0. The number of methoxy groups -OCH3 is 1. The maximum atomic E-state index is 13.7. The highest BCUT2D eigenvalue weighted by atomic mass is 16.6. The monoisotopic (exact) mass is 470 g/mol. The number of ketones is 1. The summed E-state index contributed by atoms with van der Waals surface area (Å²) in [6.07, 6.45) is 0.497. The van der Waals surface area contributed by atoms with Crippen molar-refractivity contribution in [3.05, 3.63) is 52.4 Å². The fourth-order valence-electron chi connectivity index (χ4n) is 4.66. The van der Waals surface area contributed by atoms with Crippen LogP contribution in [0, 0.1) is 11.8 Å². The Bertz CT molecular complexity index is 1010. The van der Waals surface area contributed by atoms with Crippen LogP contribution in [-0.2, 0) is 28.6 Å². The van der Waals surface area contributed by atoms with Gasteiger partial charge in [-0.1, -0.05) is 19.1 Å². The number of carbonyl (C=O) groups excluding carboxylic acids is 3. The van der Waals surface area contributed by atoms with Crippen molar-refractivity contribution in [1.29, 1.82) is 0 Å². The standard InChI is InChI=1S/C26H34N2O6/c1-7-33-12-13-34-26(31)21-16(3)27-19-14-15(2)20(25(30)32-6)24(29)23(19)22(21)17-8-10-18(11-9-17)28(4)5/h8-11,15,20,22,27H,7,12-14H2,1-6H3/t15-,20+,22-/m1/s1. The Kier molecular flexibility index (Phi) is 8.15. The van der Waals surface area contributed by atoms with Gasteiger partial charge in [0.1, 0.15) is 12.5 Å². The number of hydrogen-bond acceptors (Lipinski definition) is 8. The Balaban J connectivity index is 2.08. The minimum Gasteiger partial charge on any atom is -0.468 e. The van der Waals surface area contributed by atoms with Crippen molar-refractivity contribution in [3.63, 3.8) is 0 Å². The van der Waals surface area contributed by atoms with E-state index in [9.17, 15) is 14.4 Å². The minimum absolute atomic E-state index is 0.109. The van der Waals surface area contributed by atoms with E-state index in [2.05, 4.69) is 5.32 Å². The number of carbonyl (C=O) groups is 3. The van der Waals surface area contributed by atoms with Crippen LogP contribution in [0.2, 0.25) is 0 Å². The van der Waals surface area contributed by atoms with E-state index in [0.717, 1.165) is 16.9 Å². The summed E-state index contributed by atoms with van der Waals surface area (Å²) in [7, 11) is 5.17. The number of Topliss-reactive ketones (excluding diaryl/α,β-unsaturated/α-hetero) is 1. The molecule has 1 N–H and O–H groups in total. The number of esters is 2. The molecule has 0 radical (unpaired) electrons. The average molecular weight is 471 g/mol. The van der Waals surface area contributed by atoms with E-state index in [0.29, 0.717) is 36.5 Å². The topological polar surface area (TPSA) is 94.2 Å².